The van der Waals surface area contributed by atoms with Crippen molar-refractivity contribution in [1.29, 1.82) is 5.26 Å². The van der Waals surface area contributed by atoms with Crippen LogP contribution in [0.5, 0.6) is 0 Å². The highest BCUT2D eigenvalue weighted by Crippen LogP contribution is 2.38. The number of hydrogen-bond donors (Lipinski definition) is 1. The van der Waals surface area contributed by atoms with E-state index >= 15 is 0 Å². The molecule has 41 heavy (non-hydrogen) atoms. The lowest BCUT2D eigenvalue weighted by Gasteiger charge is -2.37. The molecule has 1 aromatic carbocycles. The summed E-state index contributed by atoms with van der Waals surface area (Å²) in [7, 11) is 1.88. The number of β-amino-alcohol motifs (C(OH)–C–C–N with tert-alkyl or cyclic N) is 1. The summed E-state index contributed by atoms with van der Waals surface area (Å²) in [5.74, 6) is 0.339. The van der Waals surface area contributed by atoms with E-state index in [2.05, 4.69) is 11.0 Å². The third-order valence-electron chi connectivity index (χ3n) is 7.32. The van der Waals surface area contributed by atoms with Crippen molar-refractivity contribution in [2.45, 2.75) is 38.4 Å². The first-order chi connectivity index (χ1) is 19.8. The Morgan fingerprint density at radius 2 is 2.02 bits per heavy atom. The van der Waals surface area contributed by atoms with Crippen molar-refractivity contribution in [2.24, 2.45) is 0 Å². The van der Waals surface area contributed by atoms with Crippen molar-refractivity contribution < 1.29 is 19.0 Å². The van der Waals surface area contributed by atoms with Gasteiger partial charge in [-0.2, -0.15) is 9.78 Å². The molecule has 0 bridgehead atoms. The van der Waals surface area contributed by atoms with Crippen molar-refractivity contribution in [2.75, 3.05) is 49.6 Å². The van der Waals surface area contributed by atoms with Crippen LogP contribution in [-0.4, -0.2) is 87.5 Å². The molecule has 5 heterocycles. The summed E-state index contributed by atoms with van der Waals surface area (Å²) in [4.78, 5) is 28.8. The number of halogens is 1. The summed E-state index contributed by atoms with van der Waals surface area (Å²) < 4.78 is 21.3. The Balaban J connectivity index is 1.22. The second-order valence-electron chi connectivity index (χ2n) is 10.1. The molecule has 1 atom stereocenters. The lowest BCUT2D eigenvalue weighted by molar-refractivity contribution is -0.148. The quantitative estimate of drug-likeness (QED) is 0.326. The van der Waals surface area contributed by atoms with Crippen LogP contribution < -0.4 is 9.80 Å². The second-order valence-corrected chi connectivity index (χ2v) is 12.1. The Labute approximate surface area is 244 Å². The summed E-state index contributed by atoms with van der Waals surface area (Å²) in [5.41, 5.74) is 2.06. The molecule has 0 aliphatic carbocycles. The van der Waals surface area contributed by atoms with Gasteiger partial charge in [0, 0.05) is 38.8 Å². The van der Waals surface area contributed by atoms with Crippen LogP contribution >= 0.6 is 22.7 Å². The Kier molecular flexibility index (Phi) is 7.60. The van der Waals surface area contributed by atoms with Crippen LogP contribution in [0.25, 0.3) is 16.2 Å². The maximum absolute atomic E-state index is 13.5. The van der Waals surface area contributed by atoms with E-state index in [9.17, 15) is 19.6 Å². The normalized spacial score (nSPS) is 17.6. The summed E-state index contributed by atoms with van der Waals surface area (Å²) in [6.45, 7) is 4.25. The summed E-state index contributed by atoms with van der Waals surface area (Å²) >= 11 is 2.76. The number of hydrogen-bond acceptors (Lipinski definition) is 11. The lowest BCUT2D eigenvalue weighted by Crippen LogP contribution is -2.55. The summed E-state index contributed by atoms with van der Waals surface area (Å²) in [5, 5.41) is 25.6. The van der Waals surface area contributed by atoms with E-state index in [1.165, 1.54) is 34.8 Å². The van der Waals surface area contributed by atoms with Gasteiger partial charge in [0.25, 0.3) is 0 Å². The minimum atomic E-state index is -0.425. The number of thiazole rings is 1. The number of carbonyl (C=O) groups excluding carboxylic acids is 1. The molecule has 3 aromatic heterocycles. The molecular weight excluding hydrogens is 567 g/mol. The van der Waals surface area contributed by atoms with Crippen molar-refractivity contribution in [1.82, 2.24) is 24.5 Å². The number of piperidine rings is 1. The maximum Gasteiger partial charge on any atom is 0.248 e. The van der Waals surface area contributed by atoms with Gasteiger partial charge in [0.1, 0.15) is 29.1 Å². The first-order valence-corrected chi connectivity index (χ1v) is 15.1. The van der Waals surface area contributed by atoms with Gasteiger partial charge in [-0.3, -0.25) is 4.79 Å². The van der Waals surface area contributed by atoms with Gasteiger partial charge in [0.2, 0.25) is 16.0 Å². The molecule has 0 unspecified atom stereocenters. The molecule has 2 saturated heterocycles. The molecule has 4 aromatic rings. The molecule has 2 aliphatic heterocycles. The largest absolute Gasteiger partial charge is 0.389 e. The first-order valence-electron chi connectivity index (χ1n) is 13.5. The van der Waals surface area contributed by atoms with Crippen LogP contribution in [0, 0.1) is 17.1 Å². The number of nitriles is 1. The number of aromatic nitrogens is 4. The standard InChI is InChI=1S/C27H29FN8O3S2/c1-3-20-24(33(2)25-31-23(21(11-29)40-25)16-6-8-17(28)9-7-16)36-26(30-20)41-27(32-36)34-10-4-5-19(14-34)39-15-22(38)35-12-18(37)13-35/h6-9,18-19,37H,3-5,10,12-15H2,1-2H3/t19-/m1/s1. The topological polar surface area (TPSA) is 123 Å². The molecule has 6 rings (SSSR count). The predicted molar refractivity (Wildman–Crippen MR) is 154 cm³/mol. The average molecular weight is 597 g/mol. The molecule has 11 nitrogen and oxygen atoms in total. The van der Waals surface area contributed by atoms with E-state index in [0.717, 1.165) is 41.0 Å². The van der Waals surface area contributed by atoms with Gasteiger partial charge in [-0.1, -0.05) is 29.6 Å². The molecular formula is C27H29FN8O3S2. The van der Waals surface area contributed by atoms with Crippen molar-refractivity contribution >= 4 is 49.6 Å². The Bertz CT molecular complexity index is 1600. The zero-order valence-electron chi connectivity index (χ0n) is 22.7. The van der Waals surface area contributed by atoms with E-state index in [4.69, 9.17) is 19.8 Å². The van der Waals surface area contributed by atoms with Gasteiger partial charge in [0.05, 0.1) is 17.9 Å². The number of benzene rings is 1. The zero-order chi connectivity index (χ0) is 28.7. The molecule has 1 amide bonds. The van der Waals surface area contributed by atoms with E-state index in [1.54, 1.807) is 17.0 Å². The smallest absolute Gasteiger partial charge is 0.248 e. The Morgan fingerprint density at radius 1 is 1.24 bits per heavy atom. The number of ether oxygens (including phenoxy) is 1. The molecule has 0 spiro atoms. The number of imidazole rings is 1. The van der Waals surface area contributed by atoms with Gasteiger partial charge >= 0.3 is 0 Å². The van der Waals surface area contributed by atoms with E-state index in [1.807, 2.05) is 23.4 Å². The van der Waals surface area contributed by atoms with Gasteiger partial charge in [0.15, 0.2) is 10.9 Å². The molecule has 214 valence electrons. The fraction of sp³-hybridized carbons (Fsp3) is 0.444. The van der Waals surface area contributed by atoms with Crippen LogP contribution in [0.4, 0.5) is 20.5 Å². The number of aliphatic hydroxyl groups is 1. The minimum absolute atomic E-state index is 0.0135. The number of aryl methyl sites for hydroxylation is 1. The number of aliphatic hydroxyl groups excluding tert-OH is 1. The zero-order valence-corrected chi connectivity index (χ0v) is 24.3. The molecule has 14 heteroatoms. The highest BCUT2D eigenvalue weighted by Gasteiger charge is 2.31. The molecule has 1 N–H and O–H groups in total. The van der Waals surface area contributed by atoms with Crippen molar-refractivity contribution in [3.63, 3.8) is 0 Å². The fourth-order valence-corrected chi connectivity index (χ4v) is 6.88. The van der Waals surface area contributed by atoms with E-state index < -0.39 is 6.10 Å². The minimum Gasteiger partial charge on any atom is -0.389 e. The fourth-order valence-electron chi connectivity index (χ4n) is 5.08. The van der Waals surface area contributed by atoms with Crippen LogP contribution in [0.3, 0.4) is 0 Å². The first kappa shape index (κ1) is 27.5. The monoisotopic (exact) mass is 596 g/mol. The van der Waals surface area contributed by atoms with E-state index in [0.29, 0.717) is 47.3 Å². The van der Waals surface area contributed by atoms with Gasteiger partial charge in [-0.05, 0) is 43.5 Å². The highest BCUT2D eigenvalue weighted by atomic mass is 32.1. The second kappa shape index (κ2) is 11.3. The highest BCUT2D eigenvalue weighted by molar-refractivity contribution is 7.20. The van der Waals surface area contributed by atoms with Crippen molar-refractivity contribution in [3.8, 4) is 17.3 Å². The third kappa shape index (κ3) is 5.38. The average Bonchev–Trinajstić information content (AvgIpc) is 3.67. The van der Waals surface area contributed by atoms with Crippen LogP contribution in [-0.2, 0) is 16.0 Å². The molecule has 0 radical (unpaired) electrons. The lowest BCUT2D eigenvalue weighted by atomic mass is 10.1. The predicted octanol–water partition coefficient (Wildman–Crippen LogP) is 3.44. The Morgan fingerprint density at radius 3 is 2.73 bits per heavy atom. The SMILES string of the molecule is CCc1nc2sc(N3CCC[C@@H](OCC(=O)N4CC(O)C4)C3)nn2c1N(C)c1nc(-c2ccc(F)cc2)c(C#N)s1. The summed E-state index contributed by atoms with van der Waals surface area (Å²) in [6, 6.07) is 8.19. The van der Waals surface area contributed by atoms with Crippen LogP contribution in [0.1, 0.15) is 30.3 Å². The van der Waals surface area contributed by atoms with Crippen LogP contribution in [0.15, 0.2) is 24.3 Å². The molecule has 2 fully saturated rings. The number of rotatable bonds is 8. The van der Waals surface area contributed by atoms with E-state index in [-0.39, 0.29) is 24.4 Å². The maximum atomic E-state index is 13.5. The van der Waals surface area contributed by atoms with Crippen LogP contribution in [0.2, 0.25) is 0 Å². The Hall–Kier alpha value is -3.64. The molecule has 2 aliphatic rings. The van der Waals surface area contributed by atoms with Gasteiger partial charge in [-0.25, -0.2) is 14.4 Å². The number of fused-ring (bicyclic) bond motifs is 1. The number of nitrogens with zero attached hydrogens (tertiary/aromatic N) is 8. The number of likely N-dealkylation sites (tertiary alicyclic amines) is 1. The van der Waals surface area contributed by atoms with Crippen molar-refractivity contribution in [3.05, 3.63) is 40.7 Å². The number of carbonyl (C=O) groups is 1. The number of amides is 1. The third-order valence-corrected chi connectivity index (χ3v) is 9.33. The van der Waals surface area contributed by atoms with Gasteiger partial charge < -0.3 is 24.5 Å². The number of anilines is 3. The molecule has 0 saturated carbocycles. The summed E-state index contributed by atoms with van der Waals surface area (Å²) in [6.07, 6.45) is 1.95. The van der Waals surface area contributed by atoms with Gasteiger partial charge in [-0.15, -0.1) is 5.10 Å².